The van der Waals surface area contributed by atoms with Gasteiger partial charge in [-0.2, -0.15) is 5.10 Å². The van der Waals surface area contributed by atoms with Gasteiger partial charge in [-0.15, -0.1) is 0 Å². The molecule has 0 spiro atoms. The van der Waals surface area contributed by atoms with Gasteiger partial charge in [0.25, 0.3) is 5.91 Å². The van der Waals surface area contributed by atoms with E-state index in [-0.39, 0.29) is 24.3 Å². The van der Waals surface area contributed by atoms with Gasteiger partial charge >= 0.3 is 0 Å². The summed E-state index contributed by atoms with van der Waals surface area (Å²) in [6.07, 6.45) is 5.89. The van der Waals surface area contributed by atoms with E-state index in [0.717, 1.165) is 5.56 Å². The summed E-state index contributed by atoms with van der Waals surface area (Å²) in [5.74, 6) is -0.432. The normalized spacial score (nSPS) is 15.5. The SMILES string of the molecule is O=C1CCC(C(=O)N[C@@H](Cn2ccnc2)c2ccccc2)=NN1. The summed E-state index contributed by atoms with van der Waals surface area (Å²) in [6, 6.07) is 9.51. The van der Waals surface area contributed by atoms with Crippen molar-refractivity contribution >= 4 is 17.5 Å². The third-order valence-corrected chi connectivity index (χ3v) is 3.63. The molecular weight excluding hydrogens is 294 g/mol. The van der Waals surface area contributed by atoms with Crippen LogP contribution in [0, 0.1) is 0 Å². The molecule has 0 saturated carbocycles. The fourth-order valence-electron chi connectivity index (χ4n) is 2.40. The van der Waals surface area contributed by atoms with Crippen molar-refractivity contribution in [2.75, 3.05) is 0 Å². The van der Waals surface area contributed by atoms with Gasteiger partial charge in [0.05, 0.1) is 12.4 Å². The molecule has 1 aliphatic heterocycles. The summed E-state index contributed by atoms with van der Waals surface area (Å²) in [7, 11) is 0. The van der Waals surface area contributed by atoms with Crippen LogP contribution in [0.5, 0.6) is 0 Å². The van der Waals surface area contributed by atoms with E-state index in [1.54, 1.807) is 12.5 Å². The second-order valence-electron chi connectivity index (χ2n) is 5.29. The van der Waals surface area contributed by atoms with E-state index in [1.807, 2.05) is 41.1 Å². The predicted molar refractivity (Wildman–Crippen MR) is 84.4 cm³/mol. The molecule has 1 aromatic carbocycles. The molecule has 2 aromatic rings. The van der Waals surface area contributed by atoms with Crippen LogP contribution in [-0.2, 0) is 16.1 Å². The first-order valence-corrected chi connectivity index (χ1v) is 7.39. The van der Waals surface area contributed by atoms with Gasteiger partial charge in [-0.25, -0.2) is 10.4 Å². The molecule has 0 saturated heterocycles. The van der Waals surface area contributed by atoms with Gasteiger partial charge in [-0.1, -0.05) is 30.3 Å². The summed E-state index contributed by atoms with van der Waals surface area (Å²) in [5, 5.41) is 6.83. The molecule has 2 amide bonds. The Morgan fingerprint density at radius 2 is 2.13 bits per heavy atom. The highest BCUT2D eigenvalue weighted by Crippen LogP contribution is 2.15. The van der Waals surface area contributed by atoms with Crippen LogP contribution < -0.4 is 10.7 Å². The topological polar surface area (TPSA) is 88.4 Å². The molecule has 0 fully saturated rings. The van der Waals surface area contributed by atoms with Crippen molar-refractivity contribution in [1.82, 2.24) is 20.3 Å². The second-order valence-corrected chi connectivity index (χ2v) is 5.29. The molecular formula is C16H17N5O2. The van der Waals surface area contributed by atoms with Crippen LogP contribution in [-0.4, -0.2) is 27.1 Å². The fraction of sp³-hybridized carbons (Fsp3) is 0.250. The number of aromatic nitrogens is 2. The van der Waals surface area contributed by atoms with E-state index in [9.17, 15) is 9.59 Å². The van der Waals surface area contributed by atoms with Crippen LogP contribution in [0.15, 0.2) is 54.2 Å². The fourth-order valence-corrected chi connectivity index (χ4v) is 2.40. The lowest BCUT2D eigenvalue weighted by molar-refractivity contribution is -0.121. The zero-order valence-electron chi connectivity index (χ0n) is 12.5. The standard InChI is InChI=1S/C16H17N5O2/c22-15-7-6-13(19-20-15)16(23)18-14(10-21-9-8-17-11-21)12-4-2-1-3-5-12/h1-5,8-9,11,14H,6-7,10H2,(H,18,23)(H,20,22)/t14-/m0/s1. The number of rotatable bonds is 5. The monoisotopic (exact) mass is 311 g/mol. The number of carbonyl (C=O) groups excluding carboxylic acids is 2. The third-order valence-electron chi connectivity index (χ3n) is 3.63. The zero-order chi connectivity index (χ0) is 16.1. The Hall–Kier alpha value is -2.96. The Morgan fingerprint density at radius 3 is 2.78 bits per heavy atom. The summed E-state index contributed by atoms with van der Waals surface area (Å²) in [6.45, 7) is 0.565. The van der Waals surface area contributed by atoms with E-state index in [4.69, 9.17) is 0 Å². The molecule has 7 nitrogen and oxygen atoms in total. The number of nitrogens with one attached hydrogen (secondary N) is 2. The molecule has 3 rings (SSSR count). The largest absolute Gasteiger partial charge is 0.342 e. The number of amides is 2. The summed E-state index contributed by atoms with van der Waals surface area (Å²) in [4.78, 5) is 27.6. The van der Waals surface area contributed by atoms with E-state index in [2.05, 4.69) is 20.8 Å². The Labute approximate surface area is 133 Å². The number of hydrazone groups is 1. The lowest BCUT2D eigenvalue weighted by Crippen LogP contribution is -2.39. The lowest BCUT2D eigenvalue weighted by atomic mass is 10.1. The third kappa shape index (κ3) is 3.82. The van der Waals surface area contributed by atoms with Crippen molar-refractivity contribution in [3.63, 3.8) is 0 Å². The van der Waals surface area contributed by atoms with Crippen LogP contribution in [0.4, 0.5) is 0 Å². The second kappa shape index (κ2) is 6.87. The van der Waals surface area contributed by atoms with Crippen molar-refractivity contribution in [2.45, 2.75) is 25.4 Å². The molecule has 0 radical (unpaired) electrons. The highest BCUT2D eigenvalue weighted by molar-refractivity contribution is 6.39. The number of hydrogen-bond acceptors (Lipinski definition) is 4. The highest BCUT2D eigenvalue weighted by atomic mass is 16.2. The Bertz CT molecular complexity index is 709. The maximum atomic E-state index is 12.4. The number of hydrogen-bond donors (Lipinski definition) is 2. The van der Waals surface area contributed by atoms with Gasteiger partial charge in [0.15, 0.2) is 0 Å². The number of nitrogens with zero attached hydrogens (tertiary/aromatic N) is 3. The van der Waals surface area contributed by atoms with Crippen LogP contribution in [0.25, 0.3) is 0 Å². The van der Waals surface area contributed by atoms with Gasteiger partial charge < -0.3 is 9.88 Å². The first kappa shape index (κ1) is 15.0. The highest BCUT2D eigenvalue weighted by Gasteiger charge is 2.22. The van der Waals surface area contributed by atoms with Crippen LogP contribution >= 0.6 is 0 Å². The Balaban J connectivity index is 1.75. The van der Waals surface area contributed by atoms with Crippen molar-refractivity contribution in [2.24, 2.45) is 5.10 Å². The van der Waals surface area contributed by atoms with Crippen molar-refractivity contribution < 1.29 is 9.59 Å². The molecule has 23 heavy (non-hydrogen) atoms. The molecule has 1 aliphatic rings. The zero-order valence-corrected chi connectivity index (χ0v) is 12.5. The first-order chi connectivity index (χ1) is 11.2. The van der Waals surface area contributed by atoms with Crippen molar-refractivity contribution in [1.29, 1.82) is 0 Å². The number of benzene rings is 1. The van der Waals surface area contributed by atoms with E-state index in [0.29, 0.717) is 18.7 Å². The average Bonchev–Trinajstić information content (AvgIpc) is 3.09. The maximum absolute atomic E-state index is 12.4. The Kier molecular flexibility index (Phi) is 4.46. The van der Waals surface area contributed by atoms with Gasteiger partial charge in [0.2, 0.25) is 5.91 Å². The van der Waals surface area contributed by atoms with Crippen LogP contribution in [0.1, 0.15) is 24.4 Å². The molecule has 0 aliphatic carbocycles. The van der Waals surface area contributed by atoms with Crippen molar-refractivity contribution in [3.05, 3.63) is 54.6 Å². The molecule has 1 atom stereocenters. The predicted octanol–water partition coefficient (Wildman–Crippen LogP) is 1.01. The number of imidazole rings is 1. The average molecular weight is 311 g/mol. The minimum atomic E-state index is -0.265. The van der Waals surface area contributed by atoms with Crippen LogP contribution in [0.3, 0.4) is 0 Å². The van der Waals surface area contributed by atoms with E-state index < -0.39 is 0 Å². The van der Waals surface area contributed by atoms with E-state index in [1.165, 1.54) is 0 Å². The molecule has 2 N–H and O–H groups in total. The van der Waals surface area contributed by atoms with Crippen LogP contribution in [0.2, 0.25) is 0 Å². The van der Waals surface area contributed by atoms with Gasteiger partial charge in [-0.05, 0) is 5.56 Å². The van der Waals surface area contributed by atoms with Gasteiger partial charge in [-0.3, -0.25) is 9.59 Å². The molecule has 0 unspecified atom stereocenters. The first-order valence-electron chi connectivity index (χ1n) is 7.39. The summed E-state index contributed by atoms with van der Waals surface area (Å²) in [5.41, 5.74) is 3.68. The van der Waals surface area contributed by atoms with Crippen molar-refractivity contribution in [3.8, 4) is 0 Å². The molecule has 2 heterocycles. The lowest BCUT2D eigenvalue weighted by Gasteiger charge is -2.21. The quantitative estimate of drug-likeness (QED) is 0.863. The summed E-state index contributed by atoms with van der Waals surface area (Å²) < 4.78 is 1.91. The van der Waals surface area contributed by atoms with Gasteiger partial charge in [0, 0.05) is 31.8 Å². The molecule has 7 heteroatoms. The van der Waals surface area contributed by atoms with E-state index >= 15 is 0 Å². The smallest absolute Gasteiger partial charge is 0.268 e. The van der Waals surface area contributed by atoms with Gasteiger partial charge in [0.1, 0.15) is 5.71 Å². The molecule has 0 bridgehead atoms. The molecule has 118 valence electrons. The minimum Gasteiger partial charge on any atom is -0.342 e. The Morgan fingerprint density at radius 1 is 1.30 bits per heavy atom. The number of carbonyl (C=O) groups is 2. The molecule has 1 aromatic heterocycles. The summed E-state index contributed by atoms with van der Waals surface area (Å²) >= 11 is 0. The maximum Gasteiger partial charge on any atom is 0.268 e. The minimum absolute atomic E-state index is 0.167.